The molecule has 0 aromatic heterocycles. The van der Waals surface area contributed by atoms with Crippen molar-refractivity contribution in [2.75, 3.05) is 13.7 Å². The van der Waals surface area contributed by atoms with Crippen LogP contribution in [0.5, 0.6) is 0 Å². The van der Waals surface area contributed by atoms with Crippen molar-refractivity contribution in [2.45, 2.75) is 44.2 Å². The summed E-state index contributed by atoms with van der Waals surface area (Å²) in [5, 5.41) is 9.06. The lowest BCUT2D eigenvalue weighted by Crippen LogP contribution is -2.39. The minimum Gasteiger partial charge on any atom is -0.481 e. The van der Waals surface area contributed by atoms with Crippen molar-refractivity contribution in [1.29, 1.82) is 0 Å². The fourth-order valence-electron chi connectivity index (χ4n) is 5.56. The van der Waals surface area contributed by atoms with Gasteiger partial charge in [0.25, 0.3) is 0 Å². The highest BCUT2D eigenvalue weighted by atomic mass is 16.5. The summed E-state index contributed by atoms with van der Waals surface area (Å²) in [5.74, 6) is 2.35. The van der Waals surface area contributed by atoms with E-state index in [1.165, 1.54) is 19.3 Å². The Balaban J connectivity index is 1.47. The Morgan fingerprint density at radius 3 is 2.43 bits per heavy atom. The second kappa shape index (κ2) is 4.70. The smallest absolute Gasteiger partial charge is 0.305 e. The monoisotopic (exact) mass is 293 g/mol. The van der Waals surface area contributed by atoms with Crippen LogP contribution in [0.25, 0.3) is 0 Å². The van der Waals surface area contributed by atoms with Gasteiger partial charge in [0.05, 0.1) is 12.5 Å². The molecule has 1 aliphatic heterocycles. The first-order chi connectivity index (χ1) is 10.1. The molecule has 2 bridgehead atoms. The molecule has 4 aliphatic rings. The van der Waals surface area contributed by atoms with Gasteiger partial charge in [0.15, 0.2) is 0 Å². The Bertz CT molecular complexity index is 463. The molecule has 0 spiro atoms. The van der Waals surface area contributed by atoms with Crippen molar-refractivity contribution in [2.24, 2.45) is 29.6 Å². The SMILES string of the molecule is COC1CC(CC(=O)O)N(C(=O)C2C3C4CCC(C4)C23)C1. The van der Waals surface area contributed by atoms with E-state index in [0.717, 1.165) is 11.8 Å². The van der Waals surface area contributed by atoms with Gasteiger partial charge in [0.1, 0.15) is 0 Å². The van der Waals surface area contributed by atoms with Gasteiger partial charge < -0.3 is 14.7 Å². The maximum absolute atomic E-state index is 12.9. The summed E-state index contributed by atoms with van der Waals surface area (Å²) in [5.41, 5.74) is 0. The second-order valence-corrected chi connectivity index (χ2v) is 7.35. The highest BCUT2D eigenvalue weighted by molar-refractivity contribution is 5.84. The van der Waals surface area contributed by atoms with E-state index in [-0.39, 0.29) is 30.4 Å². The summed E-state index contributed by atoms with van der Waals surface area (Å²) in [7, 11) is 1.64. The number of hydrogen-bond donors (Lipinski definition) is 1. The number of likely N-dealkylation sites (tertiary alicyclic amines) is 1. The number of amides is 1. The number of carboxylic acids is 1. The van der Waals surface area contributed by atoms with Gasteiger partial charge in [-0.3, -0.25) is 9.59 Å². The van der Waals surface area contributed by atoms with E-state index in [1.54, 1.807) is 7.11 Å². The average molecular weight is 293 g/mol. The molecule has 1 amide bonds. The van der Waals surface area contributed by atoms with E-state index in [1.807, 2.05) is 4.90 Å². The fraction of sp³-hybridized carbons (Fsp3) is 0.875. The molecule has 6 unspecified atom stereocenters. The van der Waals surface area contributed by atoms with Crippen LogP contribution in [-0.2, 0) is 14.3 Å². The fourth-order valence-corrected chi connectivity index (χ4v) is 5.56. The Hall–Kier alpha value is -1.10. The molecule has 116 valence electrons. The normalized spacial score (nSPS) is 46.7. The van der Waals surface area contributed by atoms with E-state index in [4.69, 9.17) is 9.84 Å². The van der Waals surface area contributed by atoms with Crippen molar-refractivity contribution in [3.63, 3.8) is 0 Å². The van der Waals surface area contributed by atoms with Gasteiger partial charge in [-0.25, -0.2) is 0 Å². The maximum atomic E-state index is 12.9. The predicted octanol–water partition coefficient (Wildman–Crippen LogP) is 1.37. The van der Waals surface area contributed by atoms with Gasteiger partial charge in [-0.05, 0) is 49.4 Å². The number of fused-ring (bicyclic) bond motifs is 5. The molecule has 5 heteroatoms. The van der Waals surface area contributed by atoms with E-state index >= 15 is 0 Å². The Morgan fingerprint density at radius 1 is 1.19 bits per heavy atom. The Kier molecular flexibility index (Phi) is 3.03. The predicted molar refractivity (Wildman–Crippen MR) is 74.5 cm³/mol. The first-order valence-electron chi connectivity index (χ1n) is 8.15. The van der Waals surface area contributed by atoms with Crippen LogP contribution < -0.4 is 0 Å². The Labute approximate surface area is 124 Å². The summed E-state index contributed by atoms with van der Waals surface area (Å²) >= 11 is 0. The lowest BCUT2D eigenvalue weighted by molar-refractivity contribution is -0.140. The van der Waals surface area contributed by atoms with Crippen molar-refractivity contribution in [3.8, 4) is 0 Å². The van der Waals surface area contributed by atoms with Crippen molar-refractivity contribution >= 4 is 11.9 Å². The van der Waals surface area contributed by atoms with Gasteiger partial charge in [0, 0.05) is 25.6 Å². The zero-order chi connectivity index (χ0) is 14.7. The van der Waals surface area contributed by atoms with E-state index < -0.39 is 5.97 Å². The number of hydrogen-bond acceptors (Lipinski definition) is 3. The summed E-state index contributed by atoms with van der Waals surface area (Å²) < 4.78 is 5.37. The third-order valence-electron chi connectivity index (χ3n) is 6.42. The number of methoxy groups -OCH3 is 1. The van der Waals surface area contributed by atoms with Crippen LogP contribution in [0.4, 0.5) is 0 Å². The van der Waals surface area contributed by atoms with Crippen LogP contribution in [0, 0.1) is 29.6 Å². The Morgan fingerprint density at radius 2 is 1.86 bits per heavy atom. The van der Waals surface area contributed by atoms with Crippen LogP contribution in [0.2, 0.25) is 0 Å². The van der Waals surface area contributed by atoms with Crippen molar-refractivity contribution in [3.05, 3.63) is 0 Å². The van der Waals surface area contributed by atoms with Gasteiger partial charge in [-0.15, -0.1) is 0 Å². The van der Waals surface area contributed by atoms with Gasteiger partial charge in [0.2, 0.25) is 5.91 Å². The number of carbonyl (C=O) groups is 2. The molecular formula is C16H23NO4. The lowest BCUT2D eigenvalue weighted by Gasteiger charge is -2.24. The molecule has 5 nitrogen and oxygen atoms in total. The minimum absolute atomic E-state index is 0.00591. The van der Waals surface area contributed by atoms with E-state index in [2.05, 4.69) is 0 Å². The molecular weight excluding hydrogens is 270 g/mol. The van der Waals surface area contributed by atoms with Crippen LogP contribution in [0.1, 0.15) is 32.1 Å². The highest BCUT2D eigenvalue weighted by Crippen LogP contribution is 2.69. The van der Waals surface area contributed by atoms with Gasteiger partial charge >= 0.3 is 5.97 Å². The summed E-state index contributed by atoms with van der Waals surface area (Å²) in [6, 6.07) is -0.182. The standard InChI is InChI=1S/C16H23NO4/c1-21-11-5-10(6-12(18)19)17(7-11)16(20)15-13-8-2-3-9(4-8)14(13)15/h8-11,13-15H,2-7H2,1H3,(H,18,19). The first-order valence-corrected chi connectivity index (χ1v) is 8.15. The molecule has 3 aliphatic carbocycles. The average Bonchev–Trinajstić information content (AvgIpc) is 2.79. The van der Waals surface area contributed by atoms with E-state index in [0.29, 0.717) is 24.8 Å². The molecule has 21 heavy (non-hydrogen) atoms. The minimum atomic E-state index is -0.828. The zero-order valence-electron chi connectivity index (χ0n) is 12.4. The van der Waals surface area contributed by atoms with Gasteiger partial charge in [-0.1, -0.05) is 0 Å². The molecule has 0 aromatic rings. The third-order valence-corrected chi connectivity index (χ3v) is 6.42. The van der Waals surface area contributed by atoms with Crippen LogP contribution >= 0.6 is 0 Å². The molecule has 4 fully saturated rings. The summed E-state index contributed by atoms with van der Waals surface area (Å²) in [4.78, 5) is 25.7. The summed E-state index contributed by atoms with van der Waals surface area (Å²) in [6.07, 6.45) is 4.63. The lowest BCUT2D eigenvalue weighted by atomic mass is 10.0. The zero-order valence-corrected chi connectivity index (χ0v) is 12.4. The molecule has 1 N–H and O–H groups in total. The molecule has 0 aromatic carbocycles. The number of rotatable bonds is 4. The first kappa shape index (κ1) is 13.6. The molecule has 0 radical (unpaired) electrons. The maximum Gasteiger partial charge on any atom is 0.305 e. The number of aliphatic carboxylic acids is 1. The molecule has 4 rings (SSSR count). The molecule has 6 atom stereocenters. The quantitative estimate of drug-likeness (QED) is 0.850. The number of nitrogens with zero attached hydrogens (tertiary/aromatic N) is 1. The second-order valence-electron chi connectivity index (χ2n) is 7.35. The van der Waals surface area contributed by atoms with Crippen molar-refractivity contribution < 1.29 is 19.4 Å². The van der Waals surface area contributed by atoms with Gasteiger partial charge in [-0.2, -0.15) is 0 Å². The molecule has 1 heterocycles. The topological polar surface area (TPSA) is 66.8 Å². The van der Waals surface area contributed by atoms with Crippen molar-refractivity contribution in [1.82, 2.24) is 4.90 Å². The highest BCUT2D eigenvalue weighted by Gasteiger charge is 2.68. The van der Waals surface area contributed by atoms with Crippen LogP contribution in [0.15, 0.2) is 0 Å². The van der Waals surface area contributed by atoms with Crippen LogP contribution in [0.3, 0.4) is 0 Å². The number of ether oxygens (including phenoxy) is 1. The largest absolute Gasteiger partial charge is 0.481 e. The number of carboxylic acid groups (broad SMARTS) is 1. The van der Waals surface area contributed by atoms with E-state index in [9.17, 15) is 9.59 Å². The van der Waals surface area contributed by atoms with Crippen LogP contribution in [-0.4, -0.2) is 47.7 Å². The molecule has 3 saturated carbocycles. The summed E-state index contributed by atoms with van der Waals surface area (Å²) in [6.45, 7) is 0.568. The third kappa shape index (κ3) is 2.00. The molecule has 1 saturated heterocycles. The number of carbonyl (C=O) groups excluding carboxylic acids is 1.